The van der Waals surface area contributed by atoms with Crippen molar-refractivity contribution in [3.8, 4) is 0 Å². The lowest BCUT2D eigenvalue weighted by Gasteiger charge is -2.03. The highest BCUT2D eigenvalue weighted by atomic mass is 16.5. The molecular weight excluding hydrogens is 236 g/mol. The highest BCUT2D eigenvalue weighted by molar-refractivity contribution is 5.17. The zero-order chi connectivity index (χ0) is 14.2. The molecule has 0 aliphatic heterocycles. The van der Waals surface area contributed by atoms with E-state index in [1.807, 2.05) is 18.4 Å². The summed E-state index contributed by atoms with van der Waals surface area (Å²) in [5.41, 5.74) is 1.10. The monoisotopic (exact) mass is 266 g/mol. The minimum Gasteiger partial charge on any atom is -0.501 e. The smallest absolute Gasteiger partial charge is 0.0873 e. The van der Waals surface area contributed by atoms with Gasteiger partial charge in [-0.25, -0.2) is 0 Å². The summed E-state index contributed by atoms with van der Waals surface area (Å²) < 4.78 is 11.0. The van der Waals surface area contributed by atoms with Crippen molar-refractivity contribution in [1.82, 2.24) is 0 Å². The van der Waals surface area contributed by atoms with E-state index in [1.54, 1.807) is 6.26 Å². The standard InChI is InChI=1S/C17H30O2/c1-4-7-9-13-18-15-12-17(11-6-3)16-19-14-10-8-5-2/h6,12,15-16H,3-5,7-11,13-14H2,1-2H3/b15-12-,17-16-. The molecule has 0 bridgehead atoms. The molecule has 0 aromatic carbocycles. The lowest BCUT2D eigenvalue weighted by molar-refractivity contribution is 0.236. The van der Waals surface area contributed by atoms with Crippen LogP contribution < -0.4 is 0 Å². The summed E-state index contributed by atoms with van der Waals surface area (Å²) in [4.78, 5) is 0. The first kappa shape index (κ1) is 17.8. The van der Waals surface area contributed by atoms with E-state index in [2.05, 4.69) is 20.4 Å². The Hall–Kier alpha value is -1.18. The second-order valence-corrected chi connectivity index (χ2v) is 4.64. The van der Waals surface area contributed by atoms with Crippen molar-refractivity contribution in [2.45, 2.75) is 58.8 Å². The number of hydrogen-bond donors (Lipinski definition) is 0. The summed E-state index contributed by atoms with van der Waals surface area (Å²) >= 11 is 0. The molecule has 2 heteroatoms. The zero-order valence-corrected chi connectivity index (χ0v) is 12.7. The second kappa shape index (κ2) is 14.9. The normalized spacial score (nSPS) is 11.8. The van der Waals surface area contributed by atoms with Gasteiger partial charge < -0.3 is 9.47 Å². The van der Waals surface area contributed by atoms with Gasteiger partial charge in [-0.15, -0.1) is 6.58 Å². The van der Waals surface area contributed by atoms with E-state index in [0.29, 0.717) is 0 Å². The predicted octanol–water partition coefficient (Wildman–Crippen LogP) is 5.37. The minimum atomic E-state index is 0.791. The number of rotatable bonds is 13. The Balaban J connectivity index is 3.85. The number of allylic oxidation sites excluding steroid dienone is 3. The van der Waals surface area contributed by atoms with E-state index in [4.69, 9.17) is 9.47 Å². The molecule has 0 heterocycles. The average Bonchev–Trinajstić information content (AvgIpc) is 2.42. The molecule has 0 radical (unpaired) electrons. The molecule has 0 spiro atoms. The molecule has 0 aliphatic rings. The minimum absolute atomic E-state index is 0.791. The van der Waals surface area contributed by atoms with E-state index < -0.39 is 0 Å². The Kier molecular flexibility index (Phi) is 14.0. The molecule has 0 N–H and O–H groups in total. The van der Waals surface area contributed by atoms with E-state index in [1.165, 1.54) is 25.7 Å². The Morgan fingerprint density at radius 2 is 1.58 bits per heavy atom. The first-order valence-corrected chi connectivity index (χ1v) is 7.54. The van der Waals surface area contributed by atoms with Gasteiger partial charge in [0.2, 0.25) is 0 Å². The molecule has 0 amide bonds. The Bertz CT molecular complexity index is 254. The molecule has 0 unspecified atom stereocenters. The quantitative estimate of drug-likeness (QED) is 0.193. The predicted molar refractivity (Wildman–Crippen MR) is 83.0 cm³/mol. The van der Waals surface area contributed by atoms with Gasteiger partial charge in [0, 0.05) is 0 Å². The van der Waals surface area contributed by atoms with Gasteiger partial charge in [0.25, 0.3) is 0 Å². The summed E-state index contributed by atoms with van der Waals surface area (Å²) in [6, 6.07) is 0. The van der Waals surface area contributed by atoms with Crippen LogP contribution in [0.2, 0.25) is 0 Å². The largest absolute Gasteiger partial charge is 0.501 e. The summed E-state index contributed by atoms with van der Waals surface area (Å²) in [6.07, 6.45) is 15.4. The summed E-state index contributed by atoms with van der Waals surface area (Å²) in [5.74, 6) is 0. The van der Waals surface area contributed by atoms with Crippen molar-refractivity contribution in [3.63, 3.8) is 0 Å². The van der Waals surface area contributed by atoms with Crippen LogP contribution in [0.1, 0.15) is 58.8 Å². The van der Waals surface area contributed by atoms with Crippen molar-refractivity contribution in [2.75, 3.05) is 13.2 Å². The van der Waals surface area contributed by atoms with Crippen LogP contribution in [-0.4, -0.2) is 13.2 Å². The fourth-order valence-electron chi connectivity index (χ4n) is 1.56. The van der Waals surface area contributed by atoms with Gasteiger partial charge in [0.1, 0.15) is 0 Å². The molecule has 0 aliphatic carbocycles. The fraction of sp³-hybridized carbons (Fsp3) is 0.647. The van der Waals surface area contributed by atoms with Gasteiger partial charge >= 0.3 is 0 Å². The van der Waals surface area contributed by atoms with Crippen LogP contribution in [-0.2, 0) is 9.47 Å². The van der Waals surface area contributed by atoms with Crippen LogP contribution in [0.4, 0.5) is 0 Å². The third-order valence-corrected chi connectivity index (χ3v) is 2.72. The molecule has 0 fully saturated rings. The summed E-state index contributed by atoms with van der Waals surface area (Å²) in [7, 11) is 0. The van der Waals surface area contributed by atoms with Gasteiger partial charge in [0.15, 0.2) is 0 Å². The van der Waals surface area contributed by atoms with Crippen LogP contribution in [0.3, 0.4) is 0 Å². The lowest BCUT2D eigenvalue weighted by atomic mass is 10.2. The van der Waals surface area contributed by atoms with E-state index in [0.717, 1.165) is 38.0 Å². The SMILES string of the molecule is C=CCC(/C=C\OCCCCC)=C/OCCCCC. The van der Waals surface area contributed by atoms with E-state index in [9.17, 15) is 0 Å². The lowest BCUT2D eigenvalue weighted by Crippen LogP contribution is -1.90. The van der Waals surface area contributed by atoms with Gasteiger partial charge in [-0.3, -0.25) is 0 Å². The topological polar surface area (TPSA) is 18.5 Å². The van der Waals surface area contributed by atoms with Crippen LogP contribution in [0.5, 0.6) is 0 Å². The number of hydrogen-bond acceptors (Lipinski definition) is 2. The third kappa shape index (κ3) is 13.1. The van der Waals surface area contributed by atoms with Crippen molar-refractivity contribution < 1.29 is 9.47 Å². The van der Waals surface area contributed by atoms with Crippen molar-refractivity contribution in [2.24, 2.45) is 0 Å². The first-order chi connectivity index (χ1) is 9.35. The average molecular weight is 266 g/mol. The molecule has 110 valence electrons. The summed E-state index contributed by atoms with van der Waals surface area (Å²) in [5, 5.41) is 0. The van der Waals surface area contributed by atoms with Gasteiger partial charge in [-0.05, 0) is 30.9 Å². The molecule has 2 nitrogen and oxygen atoms in total. The van der Waals surface area contributed by atoms with Crippen molar-refractivity contribution >= 4 is 0 Å². The molecule has 0 aromatic rings. The first-order valence-electron chi connectivity index (χ1n) is 7.54. The Labute approximate surface area is 119 Å². The number of unbranched alkanes of at least 4 members (excludes halogenated alkanes) is 4. The van der Waals surface area contributed by atoms with Gasteiger partial charge in [-0.1, -0.05) is 45.6 Å². The molecule has 0 saturated carbocycles. The number of ether oxygens (including phenoxy) is 2. The maximum Gasteiger partial charge on any atom is 0.0873 e. The highest BCUT2D eigenvalue weighted by Crippen LogP contribution is 2.06. The second-order valence-electron chi connectivity index (χ2n) is 4.64. The van der Waals surface area contributed by atoms with Gasteiger partial charge in [-0.2, -0.15) is 0 Å². The Morgan fingerprint density at radius 1 is 0.947 bits per heavy atom. The molecular formula is C17H30O2. The van der Waals surface area contributed by atoms with Crippen LogP contribution in [0.25, 0.3) is 0 Å². The van der Waals surface area contributed by atoms with Crippen LogP contribution >= 0.6 is 0 Å². The molecule has 19 heavy (non-hydrogen) atoms. The third-order valence-electron chi connectivity index (χ3n) is 2.72. The van der Waals surface area contributed by atoms with Gasteiger partial charge in [0.05, 0.1) is 25.7 Å². The fourth-order valence-corrected chi connectivity index (χ4v) is 1.56. The Morgan fingerprint density at radius 3 is 2.16 bits per heavy atom. The highest BCUT2D eigenvalue weighted by Gasteiger charge is 1.91. The summed E-state index contributed by atoms with van der Waals surface area (Å²) in [6.45, 7) is 9.73. The van der Waals surface area contributed by atoms with E-state index >= 15 is 0 Å². The van der Waals surface area contributed by atoms with E-state index in [-0.39, 0.29) is 0 Å². The van der Waals surface area contributed by atoms with Crippen molar-refractivity contribution in [3.05, 3.63) is 36.8 Å². The van der Waals surface area contributed by atoms with Crippen LogP contribution in [0, 0.1) is 0 Å². The molecule has 0 rings (SSSR count). The molecule has 0 atom stereocenters. The molecule has 0 saturated heterocycles. The van der Waals surface area contributed by atoms with Crippen LogP contribution in [0.15, 0.2) is 36.8 Å². The maximum absolute atomic E-state index is 5.53. The maximum atomic E-state index is 5.53. The molecule has 0 aromatic heterocycles. The zero-order valence-electron chi connectivity index (χ0n) is 12.7. The van der Waals surface area contributed by atoms with Crippen molar-refractivity contribution in [1.29, 1.82) is 0 Å².